The summed E-state index contributed by atoms with van der Waals surface area (Å²) in [6.07, 6.45) is 3.52. The van der Waals surface area contributed by atoms with E-state index in [1.165, 1.54) is 30.2 Å². The second-order valence-corrected chi connectivity index (χ2v) is 6.91. The number of unbranched alkanes of at least 4 members (excludes halogenated alkanes) is 2. The van der Waals surface area contributed by atoms with Crippen molar-refractivity contribution in [1.29, 1.82) is 0 Å². The maximum atomic E-state index is 14.1. The van der Waals surface area contributed by atoms with E-state index in [1.807, 2.05) is 6.07 Å². The first-order valence-corrected chi connectivity index (χ1v) is 8.94. The number of carbonyl (C=O) groups excluding carboxylic acids is 1. The summed E-state index contributed by atoms with van der Waals surface area (Å²) in [5.74, 6) is 6.26. The number of thioether (sulfide) groups is 1. The first-order valence-electron chi connectivity index (χ1n) is 6.97. The number of rotatable bonds is 7. The summed E-state index contributed by atoms with van der Waals surface area (Å²) >= 11 is 3.03. The molecule has 3 nitrogen and oxygen atoms in total. The van der Waals surface area contributed by atoms with Crippen LogP contribution in [-0.4, -0.2) is 11.7 Å². The molecule has 0 radical (unpaired) electrons. The van der Waals surface area contributed by atoms with Crippen LogP contribution in [0.2, 0.25) is 0 Å². The molecule has 0 bridgehead atoms. The van der Waals surface area contributed by atoms with Crippen molar-refractivity contribution in [3.05, 3.63) is 34.5 Å². The van der Waals surface area contributed by atoms with Crippen LogP contribution in [0.5, 0.6) is 0 Å². The van der Waals surface area contributed by atoms with Gasteiger partial charge in [0.05, 0.1) is 4.88 Å². The summed E-state index contributed by atoms with van der Waals surface area (Å²) in [4.78, 5) is 12.4. The first kappa shape index (κ1) is 16.3. The van der Waals surface area contributed by atoms with Gasteiger partial charge in [-0.15, -0.1) is 11.3 Å². The third-order valence-corrected chi connectivity index (χ3v) is 5.51. The van der Waals surface area contributed by atoms with Crippen molar-refractivity contribution >= 4 is 39.1 Å². The molecule has 6 heteroatoms. The summed E-state index contributed by atoms with van der Waals surface area (Å²) < 4.78 is 14.9. The van der Waals surface area contributed by atoms with Gasteiger partial charge in [-0.25, -0.2) is 10.2 Å². The molecule has 1 heterocycles. The SMILES string of the molecule is CCCCCSCc1c(C(=O)NN)sc2cccc(F)c12. The van der Waals surface area contributed by atoms with Crippen molar-refractivity contribution in [2.45, 2.75) is 31.9 Å². The number of nitrogen functional groups attached to an aromatic ring is 1. The van der Waals surface area contributed by atoms with E-state index >= 15 is 0 Å². The van der Waals surface area contributed by atoms with Gasteiger partial charge in [-0.05, 0) is 29.9 Å². The fraction of sp³-hybridized carbons (Fsp3) is 0.400. The number of hydrogen-bond acceptors (Lipinski definition) is 4. The third kappa shape index (κ3) is 3.75. The normalized spacial score (nSPS) is 11.0. The van der Waals surface area contributed by atoms with E-state index < -0.39 is 0 Å². The Bertz CT molecular complexity index is 627. The Hall–Kier alpha value is -1.11. The summed E-state index contributed by atoms with van der Waals surface area (Å²) in [6, 6.07) is 4.93. The lowest BCUT2D eigenvalue weighted by Gasteiger charge is -2.04. The molecule has 21 heavy (non-hydrogen) atoms. The Kier molecular flexibility index (Phi) is 6.02. The quantitative estimate of drug-likeness (QED) is 0.349. The number of carbonyl (C=O) groups is 1. The van der Waals surface area contributed by atoms with E-state index in [1.54, 1.807) is 17.8 Å². The maximum absolute atomic E-state index is 14.1. The molecule has 2 rings (SSSR count). The van der Waals surface area contributed by atoms with Crippen molar-refractivity contribution in [3.8, 4) is 0 Å². The van der Waals surface area contributed by atoms with Gasteiger partial charge in [-0.3, -0.25) is 10.2 Å². The minimum absolute atomic E-state index is 0.274. The van der Waals surface area contributed by atoms with E-state index in [4.69, 9.17) is 5.84 Å². The largest absolute Gasteiger partial charge is 0.289 e. The highest BCUT2D eigenvalue weighted by Crippen LogP contribution is 2.35. The average molecular weight is 326 g/mol. The van der Waals surface area contributed by atoms with Gasteiger partial charge in [0.2, 0.25) is 0 Å². The molecular weight excluding hydrogens is 307 g/mol. The smallest absolute Gasteiger partial charge is 0.275 e. The van der Waals surface area contributed by atoms with Crippen LogP contribution >= 0.6 is 23.1 Å². The molecule has 0 fully saturated rings. The van der Waals surface area contributed by atoms with Crippen LogP contribution < -0.4 is 11.3 Å². The second-order valence-electron chi connectivity index (χ2n) is 4.76. The van der Waals surface area contributed by atoms with Gasteiger partial charge in [0, 0.05) is 15.8 Å². The number of benzene rings is 1. The highest BCUT2D eigenvalue weighted by atomic mass is 32.2. The summed E-state index contributed by atoms with van der Waals surface area (Å²) in [5.41, 5.74) is 2.91. The van der Waals surface area contributed by atoms with Gasteiger partial charge in [-0.1, -0.05) is 25.8 Å². The molecule has 1 aromatic carbocycles. The molecule has 0 unspecified atom stereocenters. The molecule has 3 N–H and O–H groups in total. The zero-order chi connectivity index (χ0) is 15.2. The number of thiophene rings is 1. The number of nitrogens with two attached hydrogens (primary N) is 1. The van der Waals surface area contributed by atoms with Crippen molar-refractivity contribution in [3.63, 3.8) is 0 Å². The molecule has 1 aromatic heterocycles. The van der Waals surface area contributed by atoms with Crippen LogP contribution in [0.3, 0.4) is 0 Å². The number of amides is 1. The van der Waals surface area contributed by atoms with E-state index in [9.17, 15) is 9.18 Å². The van der Waals surface area contributed by atoms with Crippen molar-refractivity contribution in [1.82, 2.24) is 5.43 Å². The van der Waals surface area contributed by atoms with Crippen LogP contribution in [0.25, 0.3) is 10.1 Å². The third-order valence-electron chi connectivity index (χ3n) is 3.24. The highest BCUT2D eigenvalue weighted by molar-refractivity contribution is 7.98. The fourth-order valence-corrected chi connectivity index (χ4v) is 4.46. The minimum atomic E-state index is -0.347. The van der Waals surface area contributed by atoms with Crippen molar-refractivity contribution in [2.75, 3.05) is 5.75 Å². The van der Waals surface area contributed by atoms with Crippen LogP contribution in [0.1, 0.15) is 41.4 Å². The van der Waals surface area contributed by atoms with Gasteiger partial charge in [0.15, 0.2) is 0 Å². The topological polar surface area (TPSA) is 55.1 Å². The van der Waals surface area contributed by atoms with Gasteiger partial charge >= 0.3 is 0 Å². The summed E-state index contributed by atoms with van der Waals surface area (Å²) in [7, 11) is 0. The molecule has 114 valence electrons. The zero-order valence-electron chi connectivity index (χ0n) is 11.9. The van der Waals surface area contributed by atoms with E-state index in [0.717, 1.165) is 22.4 Å². The monoisotopic (exact) mass is 326 g/mol. The molecule has 0 saturated heterocycles. The summed E-state index contributed by atoms with van der Waals surface area (Å²) in [5, 5.41) is 0.559. The number of hydrazine groups is 1. The lowest BCUT2D eigenvalue weighted by Crippen LogP contribution is -2.29. The molecule has 0 spiro atoms. The summed E-state index contributed by atoms with van der Waals surface area (Å²) in [6.45, 7) is 2.16. The van der Waals surface area contributed by atoms with E-state index in [2.05, 4.69) is 12.3 Å². The van der Waals surface area contributed by atoms with Gasteiger partial charge in [0.25, 0.3) is 5.91 Å². The first-order chi connectivity index (χ1) is 10.2. The second kappa shape index (κ2) is 7.77. The Morgan fingerprint density at radius 3 is 2.95 bits per heavy atom. The zero-order valence-corrected chi connectivity index (χ0v) is 13.6. The van der Waals surface area contributed by atoms with Crippen LogP contribution in [0.15, 0.2) is 18.2 Å². The number of hydrogen-bond donors (Lipinski definition) is 2. The Balaban J connectivity index is 2.27. The van der Waals surface area contributed by atoms with Gasteiger partial charge in [-0.2, -0.15) is 11.8 Å². The molecule has 0 aliphatic carbocycles. The molecule has 2 aromatic rings. The van der Waals surface area contributed by atoms with Crippen LogP contribution in [-0.2, 0) is 5.75 Å². The van der Waals surface area contributed by atoms with E-state index in [-0.39, 0.29) is 11.7 Å². The molecule has 0 atom stereocenters. The number of fused-ring (bicyclic) bond motifs is 1. The predicted octanol–water partition coefficient (Wildman–Crippen LogP) is 4.07. The Morgan fingerprint density at radius 1 is 1.43 bits per heavy atom. The number of halogens is 1. The van der Waals surface area contributed by atoms with Crippen molar-refractivity contribution < 1.29 is 9.18 Å². The maximum Gasteiger partial charge on any atom is 0.275 e. The minimum Gasteiger partial charge on any atom is -0.289 e. The average Bonchev–Trinajstić information content (AvgIpc) is 2.86. The highest BCUT2D eigenvalue weighted by Gasteiger charge is 2.19. The van der Waals surface area contributed by atoms with E-state index in [0.29, 0.717) is 16.0 Å². The van der Waals surface area contributed by atoms with Gasteiger partial charge < -0.3 is 0 Å². The van der Waals surface area contributed by atoms with Crippen molar-refractivity contribution in [2.24, 2.45) is 5.84 Å². The Morgan fingerprint density at radius 2 is 2.24 bits per heavy atom. The molecule has 0 aliphatic rings. The number of nitrogens with one attached hydrogen (secondary N) is 1. The van der Waals surface area contributed by atoms with Crippen LogP contribution in [0.4, 0.5) is 4.39 Å². The molecule has 1 amide bonds. The fourth-order valence-electron chi connectivity index (χ4n) is 2.18. The molecule has 0 saturated carbocycles. The van der Waals surface area contributed by atoms with Crippen LogP contribution in [0, 0.1) is 5.82 Å². The Labute approximate surface area is 132 Å². The lowest BCUT2D eigenvalue weighted by atomic mass is 10.1. The predicted molar refractivity (Wildman–Crippen MR) is 89.1 cm³/mol. The molecular formula is C15H19FN2OS2. The molecule has 0 aliphatic heterocycles. The van der Waals surface area contributed by atoms with Gasteiger partial charge in [0.1, 0.15) is 5.82 Å². The lowest BCUT2D eigenvalue weighted by molar-refractivity contribution is 0.0957. The standard InChI is InChI=1S/C15H19FN2OS2/c1-2-3-4-8-20-9-10-13-11(16)6-5-7-12(13)21-14(10)15(19)18-17/h5-7H,2-4,8-9,17H2,1H3,(H,18,19).